The third-order valence-corrected chi connectivity index (χ3v) is 4.09. The summed E-state index contributed by atoms with van der Waals surface area (Å²) in [6, 6.07) is 8.22. The van der Waals surface area contributed by atoms with Crippen LogP contribution in [0.2, 0.25) is 0 Å². The SMILES string of the molecule is COC(=O)CC1CCCCC1c1cccc(OC)c1. The van der Waals surface area contributed by atoms with Crippen molar-refractivity contribution in [3.63, 3.8) is 0 Å². The van der Waals surface area contributed by atoms with Crippen LogP contribution in [0.3, 0.4) is 0 Å². The highest BCUT2D eigenvalue weighted by Crippen LogP contribution is 2.40. The van der Waals surface area contributed by atoms with Crippen LogP contribution in [-0.2, 0) is 9.53 Å². The van der Waals surface area contributed by atoms with E-state index in [0.717, 1.165) is 18.6 Å². The van der Waals surface area contributed by atoms with Gasteiger partial charge in [0.25, 0.3) is 0 Å². The number of carbonyl (C=O) groups excluding carboxylic acids is 1. The summed E-state index contributed by atoms with van der Waals surface area (Å²) in [6.07, 6.45) is 5.23. The molecule has 2 rings (SSSR count). The molecule has 0 heterocycles. The zero-order valence-corrected chi connectivity index (χ0v) is 11.7. The molecule has 2 unspecified atom stereocenters. The van der Waals surface area contributed by atoms with Crippen LogP contribution in [0.5, 0.6) is 5.75 Å². The number of ether oxygens (including phenoxy) is 2. The second-order valence-electron chi connectivity index (χ2n) is 5.21. The van der Waals surface area contributed by atoms with E-state index in [1.54, 1.807) is 7.11 Å². The second-order valence-corrected chi connectivity index (χ2v) is 5.21. The van der Waals surface area contributed by atoms with Crippen molar-refractivity contribution in [2.75, 3.05) is 14.2 Å². The molecule has 104 valence electrons. The minimum absolute atomic E-state index is 0.0974. The van der Waals surface area contributed by atoms with Crippen molar-refractivity contribution >= 4 is 5.97 Å². The zero-order valence-electron chi connectivity index (χ0n) is 11.7. The van der Waals surface area contributed by atoms with Gasteiger partial charge < -0.3 is 9.47 Å². The van der Waals surface area contributed by atoms with Crippen molar-refractivity contribution in [1.29, 1.82) is 0 Å². The van der Waals surface area contributed by atoms with E-state index < -0.39 is 0 Å². The third-order valence-electron chi connectivity index (χ3n) is 4.09. The monoisotopic (exact) mass is 262 g/mol. The van der Waals surface area contributed by atoms with Crippen LogP contribution in [-0.4, -0.2) is 20.2 Å². The first kappa shape index (κ1) is 13.9. The first-order valence-corrected chi connectivity index (χ1v) is 6.95. The number of hydrogen-bond donors (Lipinski definition) is 0. The zero-order chi connectivity index (χ0) is 13.7. The van der Waals surface area contributed by atoms with E-state index >= 15 is 0 Å². The van der Waals surface area contributed by atoms with E-state index in [9.17, 15) is 4.79 Å². The van der Waals surface area contributed by atoms with E-state index in [4.69, 9.17) is 9.47 Å². The van der Waals surface area contributed by atoms with E-state index in [0.29, 0.717) is 18.3 Å². The first-order valence-electron chi connectivity index (χ1n) is 6.95. The van der Waals surface area contributed by atoms with Crippen LogP contribution in [0.25, 0.3) is 0 Å². The topological polar surface area (TPSA) is 35.5 Å². The van der Waals surface area contributed by atoms with E-state index in [2.05, 4.69) is 12.1 Å². The average Bonchev–Trinajstić information content (AvgIpc) is 2.47. The fraction of sp³-hybridized carbons (Fsp3) is 0.562. The highest BCUT2D eigenvalue weighted by molar-refractivity contribution is 5.69. The van der Waals surface area contributed by atoms with Gasteiger partial charge in [0.2, 0.25) is 0 Å². The lowest BCUT2D eigenvalue weighted by Crippen LogP contribution is -2.21. The van der Waals surface area contributed by atoms with Crippen LogP contribution < -0.4 is 4.74 Å². The Balaban J connectivity index is 2.15. The summed E-state index contributed by atoms with van der Waals surface area (Å²) in [5.41, 5.74) is 1.29. The Morgan fingerprint density at radius 1 is 1.26 bits per heavy atom. The summed E-state index contributed by atoms with van der Waals surface area (Å²) in [5, 5.41) is 0. The summed E-state index contributed by atoms with van der Waals surface area (Å²) in [4.78, 5) is 11.5. The number of methoxy groups -OCH3 is 2. The van der Waals surface area contributed by atoms with Crippen molar-refractivity contribution < 1.29 is 14.3 Å². The van der Waals surface area contributed by atoms with E-state index in [1.807, 2.05) is 12.1 Å². The van der Waals surface area contributed by atoms with Gasteiger partial charge in [0, 0.05) is 6.42 Å². The van der Waals surface area contributed by atoms with Crippen molar-refractivity contribution in [3.8, 4) is 5.75 Å². The molecule has 0 aromatic heterocycles. The molecule has 1 aliphatic rings. The van der Waals surface area contributed by atoms with E-state index in [-0.39, 0.29) is 5.97 Å². The maximum absolute atomic E-state index is 11.5. The smallest absolute Gasteiger partial charge is 0.305 e. The van der Waals surface area contributed by atoms with Crippen molar-refractivity contribution in [2.24, 2.45) is 5.92 Å². The van der Waals surface area contributed by atoms with Crippen LogP contribution >= 0.6 is 0 Å². The van der Waals surface area contributed by atoms with Gasteiger partial charge in [-0.25, -0.2) is 0 Å². The lowest BCUT2D eigenvalue weighted by Gasteiger charge is -2.31. The maximum Gasteiger partial charge on any atom is 0.305 e. The molecule has 0 bridgehead atoms. The first-order chi connectivity index (χ1) is 9.24. The molecule has 0 saturated heterocycles. The molecule has 19 heavy (non-hydrogen) atoms. The van der Waals surface area contributed by atoms with Gasteiger partial charge in [0.1, 0.15) is 5.75 Å². The summed E-state index contributed by atoms with van der Waals surface area (Å²) in [7, 11) is 3.15. The molecule has 0 N–H and O–H groups in total. The lowest BCUT2D eigenvalue weighted by atomic mass is 9.74. The number of carbonyl (C=O) groups is 1. The molecule has 3 heteroatoms. The molecule has 1 aliphatic carbocycles. The fourth-order valence-corrected chi connectivity index (χ4v) is 3.06. The minimum Gasteiger partial charge on any atom is -0.497 e. The number of rotatable bonds is 4. The Morgan fingerprint density at radius 3 is 2.79 bits per heavy atom. The standard InChI is InChI=1S/C16H22O3/c1-18-14-8-5-7-12(10-14)15-9-4-3-6-13(15)11-16(17)19-2/h5,7-8,10,13,15H,3-4,6,9,11H2,1-2H3. The Bertz CT molecular complexity index is 428. The quantitative estimate of drug-likeness (QED) is 0.779. The molecular weight excluding hydrogens is 240 g/mol. The molecule has 1 aromatic carbocycles. The summed E-state index contributed by atoms with van der Waals surface area (Å²) in [6.45, 7) is 0. The molecule has 3 nitrogen and oxygen atoms in total. The normalized spacial score (nSPS) is 22.8. The predicted molar refractivity (Wildman–Crippen MR) is 74.3 cm³/mol. The molecule has 0 aliphatic heterocycles. The summed E-state index contributed by atoms with van der Waals surface area (Å²) >= 11 is 0. The molecule has 1 saturated carbocycles. The Labute approximate surface area is 114 Å². The molecule has 1 fully saturated rings. The van der Waals surface area contributed by atoms with Crippen molar-refractivity contribution in [2.45, 2.75) is 38.0 Å². The molecule has 2 atom stereocenters. The average molecular weight is 262 g/mol. The Kier molecular flexibility index (Phi) is 4.83. The molecule has 0 radical (unpaired) electrons. The van der Waals surface area contributed by atoms with E-state index in [1.165, 1.54) is 25.5 Å². The van der Waals surface area contributed by atoms with Crippen LogP contribution in [0.4, 0.5) is 0 Å². The number of esters is 1. The van der Waals surface area contributed by atoms with Crippen LogP contribution in [0.1, 0.15) is 43.6 Å². The highest BCUT2D eigenvalue weighted by atomic mass is 16.5. The number of hydrogen-bond acceptors (Lipinski definition) is 3. The second kappa shape index (κ2) is 6.60. The maximum atomic E-state index is 11.5. The van der Waals surface area contributed by atoms with Gasteiger partial charge in [-0.3, -0.25) is 4.79 Å². The largest absolute Gasteiger partial charge is 0.497 e. The Hall–Kier alpha value is -1.51. The van der Waals surface area contributed by atoms with Gasteiger partial charge in [0.05, 0.1) is 14.2 Å². The van der Waals surface area contributed by atoms with Gasteiger partial charge in [-0.2, -0.15) is 0 Å². The lowest BCUT2D eigenvalue weighted by molar-refractivity contribution is -0.142. The minimum atomic E-state index is -0.0974. The summed E-state index contributed by atoms with van der Waals surface area (Å²) in [5.74, 6) is 1.64. The van der Waals surface area contributed by atoms with Crippen molar-refractivity contribution in [1.82, 2.24) is 0 Å². The molecule has 1 aromatic rings. The van der Waals surface area contributed by atoms with Crippen LogP contribution in [0.15, 0.2) is 24.3 Å². The molecular formula is C16H22O3. The van der Waals surface area contributed by atoms with Gasteiger partial charge in [-0.1, -0.05) is 25.0 Å². The van der Waals surface area contributed by atoms with Crippen molar-refractivity contribution in [3.05, 3.63) is 29.8 Å². The van der Waals surface area contributed by atoms with Crippen LogP contribution in [0, 0.1) is 5.92 Å². The highest BCUT2D eigenvalue weighted by Gasteiger charge is 2.28. The summed E-state index contributed by atoms with van der Waals surface area (Å²) < 4.78 is 10.1. The van der Waals surface area contributed by atoms with Gasteiger partial charge in [0.15, 0.2) is 0 Å². The number of benzene rings is 1. The van der Waals surface area contributed by atoms with Gasteiger partial charge in [-0.15, -0.1) is 0 Å². The fourth-order valence-electron chi connectivity index (χ4n) is 3.06. The van der Waals surface area contributed by atoms with Gasteiger partial charge >= 0.3 is 5.97 Å². The molecule has 0 spiro atoms. The van der Waals surface area contributed by atoms with Gasteiger partial charge in [-0.05, 0) is 42.4 Å². The Morgan fingerprint density at radius 2 is 2.05 bits per heavy atom. The third kappa shape index (κ3) is 3.49. The molecule has 0 amide bonds. The predicted octanol–water partition coefficient (Wildman–Crippen LogP) is 3.53.